The average molecular weight is 307 g/mol. The number of para-hydroxylation sites is 1. The first-order valence-electron chi connectivity index (χ1n) is 6.07. The molecule has 0 amide bonds. The number of thiazole rings is 1. The molecule has 0 fully saturated rings. The summed E-state index contributed by atoms with van der Waals surface area (Å²) >= 11 is 1.21. The number of rotatable bonds is 3. The third-order valence-electron chi connectivity index (χ3n) is 2.94. The Balaban J connectivity index is 1.89. The molecule has 0 saturated carbocycles. The van der Waals surface area contributed by atoms with E-state index in [1.165, 1.54) is 11.3 Å². The Morgan fingerprint density at radius 3 is 2.43 bits per heavy atom. The number of nitrogens with zero attached hydrogens (tertiary/aromatic N) is 1. The lowest BCUT2D eigenvalue weighted by Crippen LogP contribution is -2.04. The van der Waals surface area contributed by atoms with Crippen LogP contribution in [0.25, 0.3) is 10.2 Å². The maximum atomic E-state index is 13.1. The predicted octanol–water partition coefficient (Wildman–Crippen LogP) is 4.14. The Hall–Kier alpha value is -2.21. The van der Waals surface area contributed by atoms with E-state index in [0.29, 0.717) is 5.52 Å². The summed E-state index contributed by atoms with van der Waals surface area (Å²) in [5.74, 6) is -4.50. The van der Waals surface area contributed by atoms with Crippen molar-refractivity contribution in [1.82, 2.24) is 4.98 Å². The fourth-order valence-corrected chi connectivity index (χ4v) is 2.87. The van der Waals surface area contributed by atoms with E-state index in [-0.39, 0.29) is 22.8 Å². The maximum absolute atomic E-state index is 13.1. The molecule has 0 saturated heterocycles. The highest BCUT2D eigenvalue weighted by molar-refractivity contribution is 7.20. The molecule has 0 N–H and O–H groups in total. The number of carbonyl (C=O) groups is 1. The minimum Gasteiger partial charge on any atom is -0.291 e. The van der Waals surface area contributed by atoms with Crippen molar-refractivity contribution in [3.63, 3.8) is 0 Å². The van der Waals surface area contributed by atoms with E-state index in [2.05, 4.69) is 4.98 Å². The molecule has 0 aliphatic rings. The Morgan fingerprint density at radius 2 is 1.76 bits per heavy atom. The lowest BCUT2D eigenvalue weighted by atomic mass is 10.1. The van der Waals surface area contributed by atoms with E-state index >= 15 is 0 Å². The van der Waals surface area contributed by atoms with Crippen LogP contribution in [0.15, 0.2) is 36.4 Å². The third kappa shape index (κ3) is 2.67. The first-order valence-corrected chi connectivity index (χ1v) is 6.88. The summed E-state index contributed by atoms with van der Waals surface area (Å²) in [5, 5.41) is 0.265. The molecule has 3 rings (SSSR count). The van der Waals surface area contributed by atoms with Crippen LogP contribution in [-0.4, -0.2) is 10.8 Å². The van der Waals surface area contributed by atoms with Crippen LogP contribution in [0.1, 0.15) is 15.4 Å². The molecular formula is C15H8F3NOS. The van der Waals surface area contributed by atoms with Crippen LogP contribution in [0.2, 0.25) is 0 Å². The lowest BCUT2D eigenvalue weighted by molar-refractivity contribution is 0.0992. The van der Waals surface area contributed by atoms with E-state index in [0.717, 1.165) is 16.8 Å². The van der Waals surface area contributed by atoms with Gasteiger partial charge < -0.3 is 0 Å². The van der Waals surface area contributed by atoms with Crippen molar-refractivity contribution >= 4 is 27.3 Å². The van der Waals surface area contributed by atoms with Crippen LogP contribution in [0, 0.1) is 17.5 Å². The van der Waals surface area contributed by atoms with Gasteiger partial charge in [0.05, 0.1) is 10.2 Å². The number of ketones is 1. The van der Waals surface area contributed by atoms with Crippen molar-refractivity contribution < 1.29 is 18.0 Å². The molecule has 2 nitrogen and oxygen atoms in total. The largest absolute Gasteiger partial charge is 0.291 e. The zero-order chi connectivity index (χ0) is 15.0. The van der Waals surface area contributed by atoms with Crippen molar-refractivity contribution in [3.05, 3.63) is 64.4 Å². The highest BCUT2D eigenvalue weighted by Crippen LogP contribution is 2.23. The van der Waals surface area contributed by atoms with Crippen molar-refractivity contribution in [2.75, 3.05) is 0 Å². The summed E-state index contributed by atoms with van der Waals surface area (Å²) in [7, 11) is 0. The standard InChI is InChI=1S/C15H8F3NOS/c16-9-5-8(6-10(17)14(9)18)7-12(20)15-19-11-3-1-2-4-13(11)21-15/h1-6H,7H2. The highest BCUT2D eigenvalue weighted by atomic mass is 32.1. The number of halogens is 3. The van der Waals surface area contributed by atoms with Crippen LogP contribution in [-0.2, 0) is 6.42 Å². The second-order valence-electron chi connectivity index (χ2n) is 4.46. The number of fused-ring (bicyclic) bond motifs is 1. The second kappa shape index (κ2) is 5.29. The van der Waals surface area contributed by atoms with E-state index < -0.39 is 17.5 Å². The SMILES string of the molecule is O=C(Cc1cc(F)c(F)c(F)c1)c1nc2ccccc2s1. The monoisotopic (exact) mass is 307 g/mol. The summed E-state index contributed by atoms with van der Waals surface area (Å²) in [6.07, 6.45) is -0.228. The molecule has 1 heterocycles. The number of benzene rings is 2. The summed E-state index contributed by atoms with van der Waals surface area (Å²) in [6.45, 7) is 0. The van der Waals surface area contributed by atoms with Gasteiger partial charge in [0.2, 0.25) is 0 Å². The normalized spacial score (nSPS) is 11.0. The van der Waals surface area contributed by atoms with Gasteiger partial charge in [-0.2, -0.15) is 0 Å². The van der Waals surface area contributed by atoms with Gasteiger partial charge in [0, 0.05) is 6.42 Å². The maximum Gasteiger partial charge on any atom is 0.195 e. The zero-order valence-corrected chi connectivity index (χ0v) is 11.4. The molecule has 0 bridgehead atoms. The Labute approximate surface area is 121 Å². The second-order valence-corrected chi connectivity index (χ2v) is 5.49. The first kappa shape index (κ1) is 13.8. The van der Waals surface area contributed by atoms with Gasteiger partial charge in [-0.15, -0.1) is 11.3 Å². The molecule has 21 heavy (non-hydrogen) atoms. The van der Waals surface area contributed by atoms with Gasteiger partial charge in [0.15, 0.2) is 28.2 Å². The fourth-order valence-electron chi connectivity index (χ4n) is 1.96. The van der Waals surface area contributed by atoms with Gasteiger partial charge in [0.25, 0.3) is 0 Å². The molecule has 0 aliphatic heterocycles. The van der Waals surface area contributed by atoms with Gasteiger partial charge in [-0.25, -0.2) is 18.2 Å². The predicted molar refractivity (Wildman–Crippen MR) is 74.0 cm³/mol. The summed E-state index contributed by atoms with van der Waals surface area (Å²) < 4.78 is 40.0. The molecular weight excluding hydrogens is 299 g/mol. The quantitative estimate of drug-likeness (QED) is 0.538. The fraction of sp³-hybridized carbons (Fsp3) is 0.0667. The van der Waals surface area contributed by atoms with Gasteiger partial charge in [-0.3, -0.25) is 4.79 Å². The number of hydrogen-bond acceptors (Lipinski definition) is 3. The average Bonchev–Trinajstić information content (AvgIpc) is 2.88. The van der Waals surface area contributed by atoms with Crippen molar-refractivity contribution in [3.8, 4) is 0 Å². The highest BCUT2D eigenvalue weighted by Gasteiger charge is 2.16. The minimum absolute atomic E-state index is 0.0793. The van der Waals surface area contributed by atoms with Gasteiger partial charge >= 0.3 is 0 Å². The Bertz CT molecular complexity index is 788. The molecule has 1 aromatic heterocycles. The summed E-state index contributed by atoms with van der Waals surface area (Å²) in [4.78, 5) is 16.3. The van der Waals surface area contributed by atoms with Gasteiger partial charge in [-0.05, 0) is 29.8 Å². The van der Waals surface area contributed by atoms with E-state index in [1.54, 1.807) is 12.1 Å². The van der Waals surface area contributed by atoms with Gasteiger partial charge in [0.1, 0.15) is 0 Å². The zero-order valence-electron chi connectivity index (χ0n) is 10.6. The van der Waals surface area contributed by atoms with E-state index in [9.17, 15) is 18.0 Å². The lowest BCUT2D eigenvalue weighted by Gasteiger charge is -2.01. The topological polar surface area (TPSA) is 30.0 Å². The molecule has 3 aromatic rings. The van der Waals surface area contributed by atoms with Crippen LogP contribution >= 0.6 is 11.3 Å². The molecule has 0 aliphatic carbocycles. The minimum atomic E-state index is -1.54. The van der Waals surface area contributed by atoms with Crippen molar-refractivity contribution in [1.29, 1.82) is 0 Å². The molecule has 0 spiro atoms. The number of carbonyl (C=O) groups excluding carboxylic acids is 1. The van der Waals surface area contributed by atoms with Crippen LogP contribution in [0.3, 0.4) is 0 Å². The van der Waals surface area contributed by atoms with E-state index in [4.69, 9.17) is 0 Å². The van der Waals surface area contributed by atoms with Crippen molar-refractivity contribution in [2.45, 2.75) is 6.42 Å². The summed E-state index contributed by atoms with van der Waals surface area (Å²) in [5.41, 5.74) is 0.776. The van der Waals surface area contributed by atoms with Gasteiger partial charge in [-0.1, -0.05) is 12.1 Å². The van der Waals surface area contributed by atoms with Crippen LogP contribution in [0.4, 0.5) is 13.2 Å². The smallest absolute Gasteiger partial charge is 0.195 e. The molecule has 0 radical (unpaired) electrons. The van der Waals surface area contributed by atoms with Crippen molar-refractivity contribution in [2.24, 2.45) is 0 Å². The summed E-state index contributed by atoms with van der Waals surface area (Å²) in [6, 6.07) is 8.90. The molecule has 0 atom stereocenters. The number of aromatic nitrogens is 1. The Morgan fingerprint density at radius 1 is 1.10 bits per heavy atom. The van der Waals surface area contributed by atoms with E-state index in [1.807, 2.05) is 12.1 Å². The van der Waals surface area contributed by atoms with Crippen LogP contribution < -0.4 is 0 Å². The first-order chi connectivity index (χ1) is 10.0. The molecule has 2 aromatic carbocycles. The number of hydrogen-bond donors (Lipinski definition) is 0. The third-order valence-corrected chi connectivity index (χ3v) is 4.02. The number of Topliss-reactive ketones (excluding diaryl/α,β-unsaturated/α-hetero) is 1. The Kier molecular flexibility index (Phi) is 3.47. The van der Waals surface area contributed by atoms with Crippen LogP contribution in [0.5, 0.6) is 0 Å². The molecule has 106 valence electrons. The molecule has 6 heteroatoms. The molecule has 0 unspecified atom stereocenters.